The fourth-order valence-corrected chi connectivity index (χ4v) is 3.57. The molecule has 0 N–H and O–H groups in total. The van der Waals surface area contributed by atoms with Gasteiger partial charge >= 0.3 is 0 Å². The van der Waals surface area contributed by atoms with Gasteiger partial charge in [-0.25, -0.2) is 14.4 Å². The van der Waals surface area contributed by atoms with Crippen molar-refractivity contribution in [1.82, 2.24) is 14.9 Å². The van der Waals surface area contributed by atoms with Crippen molar-refractivity contribution < 1.29 is 9.18 Å². The number of hydrogen-bond acceptors (Lipinski definition) is 4. The summed E-state index contributed by atoms with van der Waals surface area (Å²) in [5, 5.41) is 0.935. The predicted molar refractivity (Wildman–Crippen MR) is 104 cm³/mol. The number of rotatable bonds is 2. The number of hydrogen-bond donors (Lipinski definition) is 0. The number of piperazine rings is 1. The second kappa shape index (κ2) is 7.12. The summed E-state index contributed by atoms with van der Waals surface area (Å²) in [5.74, 6) is 0.686. The molecule has 2 heterocycles. The molecule has 7 heteroatoms. The van der Waals surface area contributed by atoms with E-state index in [4.69, 9.17) is 11.6 Å². The van der Waals surface area contributed by atoms with E-state index >= 15 is 0 Å². The van der Waals surface area contributed by atoms with E-state index in [0.29, 0.717) is 59.3 Å². The van der Waals surface area contributed by atoms with Crippen LogP contribution in [0, 0.1) is 5.82 Å². The van der Waals surface area contributed by atoms with Crippen LogP contribution in [0.4, 0.5) is 10.2 Å². The first-order valence-corrected chi connectivity index (χ1v) is 9.14. The summed E-state index contributed by atoms with van der Waals surface area (Å²) < 4.78 is 14.6. The Kier molecular flexibility index (Phi) is 4.66. The first-order valence-electron chi connectivity index (χ1n) is 8.76. The highest BCUT2D eigenvalue weighted by atomic mass is 35.5. The van der Waals surface area contributed by atoms with Gasteiger partial charge in [-0.2, -0.15) is 0 Å². The van der Waals surface area contributed by atoms with Gasteiger partial charge in [0.15, 0.2) is 5.82 Å². The van der Waals surface area contributed by atoms with Gasteiger partial charge in [0.25, 0.3) is 0 Å². The number of anilines is 1. The van der Waals surface area contributed by atoms with Crippen LogP contribution in [-0.2, 0) is 4.79 Å². The lowest BCUT2D eigenvalue weighted by atomic mass is 10.1. The molecule has 1 saturated heterocycles. The highest BCUT2D eigenvalue weighted by Gasteiger charge is 2.24. The highest BCUT2D eigenvalue weighted by molar-refractivity contribution is 6.33. The average Bonchev–Trinajstić information content (AvgIpc) is 2.68. The Labute approximate surface area is 161 Å². The summed E-state index contributed by atoms with van der Waals surface area (Å²) >= 11 is 6.32. The molecule has 1 aromatic heterocycles. The maximum absolute atomic E-state index is 14.6. The van der Waals surface area contributed by atoms with E-state index < -0.39 is 0 Å². The van der Waals surface area contributed by atoms with Gasteiger partial charge in [-0.3, -0.25) is 4.79 Å². The summed E-state index contributed by atoms with van der Waals surface area (Å²) in [6.07, 6.45) is 0. The minimum Gasteiger partial charge on any atom is -0.352 e. The van der Waals surface area contributed by atoms with Gasteiger partial charge in [0, 0.05) is 38.7 Å². The Morgan fingerprint density at radius 3 is 2.48 bits per heavy atom. The molecule has 0 saturated carbocycles. The quantitative estimate of drug-likeness (QED) is 0.675. The Morgan fingerprint density at radius 1 is 1.04 bits per heavy atom. The Morgan fingerprint density at radius 2 is 1.78 bits per heavy atom. The zero-order valence-electron chi connectivity index (χ0n) is 14.8. The zero-order chi connectivity index (χ0) is 19.0. The summed E-state index contributed by atoms with van der Waals surface area (Å²) in [6.45, 7) is 3.89. The minimum absolute atomic E-state index is 0.0464. The Balaban J connectivity index is 1.83. The molecule has 1 amide bonds. The molecule has 1 aliphatic rings. The lowest BCUT2D eigenvalue weighted by Crippen LogP contribution is -2.48. The van der Waals surface area contributed by atoms with Gasteiger partial charge < -0.3 is 9.80 Å². The maximum atomic E-state index is 14.6. The van der Waals surface area contributed by atoms with Crippen molar-refractivity contribution in [3.8, 4) is 11.4 Å². The van der Waals surface area contributed by atoms with E-state index in [9.17, 15) is 9.18 Å². The monoisotopic (exact) mass is 384 g/mol. The van der Waals surface area contributed by atoms with Crippen LogP contribution in [0.2, 0.25) is 5.02 Å². The third-order valence-corrected chi connectivity index (χ3v) is 5.12. The molecule has 5 nitrogen and oxygen atoms in total. The van der Waals surface area contributed by atoms with Gasteiger partial charge in [-0.15, -0.1) is 0 Å². The normalized spacial score (nSPS) is 14.6. The average molecular weight is 385 g/mol. The molecule has 0 aliphatic carbocycles. The standard InChI is InChI=1S/C20H18ClFN4O/c1-13(27)25-9-11-26(12-10-25)20-18-16(22)7-4-8-17(18)23-19(24-20)14-5-2-3-6-15(14)21/h2-8H,9-12H2,1H3. The van der Waals surface area contributed by atoms with Crippen molar-refractivity contribution in [1.29, 1.82) is 0 Å². The third kappa shape index (κ3) is 3.32. The number of benzene rings is 2. The fraction of sp³-hybridized carbons (Fsp3) is 0.250. The van der Waals surface area contributed by atoms with E-state index in [-0.39, 0.29) is 11.7 Å². The second-order valence-electron chi connectivity index (χ2n) is 6.48. The van der Waals surface area contributed by atoms with Crippen LogP contribution in [0.5, 0.6) is 0 Å². The largest absolute Gasteiger partial charge is 0.352 e. The van der Waals surface area contributed by atoms with Crippen molar-refractivity contribution in [2.75, 3.05) is 31.1 Å². The third-order valence-electron chi connectivity index (χ3n) is 4.79. The SMILES string of the molecule is CC(=O)N1CCN(c2nc(-c3ccccc3Cl)nc3cccc(F)c23)CC1. The molecule has 138 valence electrons. The zero-order valence-corrected chi connectivity index (χ0v) is 15.6. The van der Waals surface area contributed by atoms with Crippen LogP contribution in [-0.4, -0.2) is 47.0 Å². The summed E-state index contributed by atoms with van der Waals surface area (Å²) in [4.78, 5) is 24.6. The lowest BCUT2D eigenvalue weighted by molar-refractivity contribution is -0.129. The van der Waals surface area contributed by atoms with E-state index in [1.807, 2.05) is 23.1 Å². The number of aromatic nitrogens is 2. The van der Waals surface area contributed by atoms with E-state index in [1.165, 1.54) is 6.07 Å². The molecule has 2 aromatic carbocycles. The number of carbonyl (C=O) groups excluding carboxylic acids is 1. The molecule has 0 bridgehead atoms. The molecule has 0 radical (unpaired) electrons. The molecule has 4 rings (SSSR count). The molecular weight excluding hydrogens is 367 g/mol. The Hall–Kier alpha value is -2.73. The van der Waals surface area contributed by atoms with Crippen molar-refractivity contribution in [2.24, 2.45) is 0 Å². The van der Waals surface area contributed by atoms with E-state index in [2.05, 4.69) is 9.97 Å². The van der Waals surface area contributed by atoms with Gasteiger partial charge in [-0.05, 0) is 24.3 Å². The molecule has 3 aromatic rings. The predicted octanol–water partition coefficient (Wildman–Crippen LogP) is 3.76. The fourth-order valence-electron chi connectivity index (χ4n) is 3.35. The van der Waals surface area contributed by atoms with Crippen LogP contribution in [0.25, 0.3) is 22.3 Å². The molecule has 0 atom stereocenters. The van der Waals surface area contributed by atoms with Crippen LogP contribution in [0.1, 0.15) is 6.92 Å². The van der Waals surface area contributed by atoms with Gasteiger partial charge in [0.05, 0.1) is 15.9 Å². The number of amides is 1. The highest BCUT2D eigenvalue weighted by Crippen LogP contribution is 2.32. The number of nitrogens with zero attached hydrogens (tertiary/aromatic N) is 4. The first-order chi connectivity index (χ1) is 13.0. The van der Waals surface area contributed by atoms with Crippen LogP contribution in [0.15, 0.2) is 42.5 Å². The van der Waals surface area contributed by atoms with Crippen LogP contribution in [0.3, 0.4) is 0 Å². The number of carbonyl (C=O) groups is 1. The second-order valence-corrected chi connectivity index (χ2v) is 6.88. The van der Waals surface area contributed by atoms with Gasteiger partial charge in [0.1, 0.15) is 11.6 Å². The molecule has 0 spiro atoms. The minimum atomic E-state index is -0.359. The van der Waals surface area contributed by atoms with Gasteiger partial charge in [-0.1, -0.05) is 29.8 Å². The lowest BCUT2D eigenvalue weighted by Gasteiger charge is -2.35. The smallest absolute Gasteiger partial charge is 0.219 e. The Bertz CT molecular complexity index is 1020. The molecule has 1 aliphatic heterocycles. The van der Waals surface area contributed by atoms with E-state index in [1.54, 1.807) is 30.0 Å². The summed E-state index contributed by atoms with van der Waals surface area (Å²) in [7, 11) is 0. The molecular formula is C20H18ClFN4O. The summed E-state index contributed by atoms with van der Waals surface area (Å²) in [5.41, 5.74) is 1.23. The van der Waals surface area contributed by atoms with Crippen LogP contribution < -0.4 is 4.90 Å². The number of halogens is 2. The maximum Gasteiger partial charge on any atom is 0.219 e. The molecule has 27 heavy (non-hydrogen) atoms. The topological polar surface area (TPSA) is 49.3 Å². The molecule has 0 unspecified atom stereocenters. The van der Waals surface area contributed by atoms with Crippen molar-refractivity contribution in [2.45, 2.75) is 6.92 Å². The summed E-state index contributed by atoms with van der Waals surface area (Å²) in [6, 6.07) is 12.2. The molecule has 1 fully saturated rings. The van der Waals surface area contributed by atoms with E-state index in [0.717, 1.165) is 0 Å². The van der Waals surface area contributed by atoms with Crippen LogP contribution >= 0.6 is 11.6 Å². The first kappa shape index (κ1) is 17.7. The van der Waals surface area contributed by atoms with Crippen molar-refractivity contribution in [3.63, 3.8) is 0 Å². The van der Waals surface area contributed by atoms with Crippen molar-refractivity contribution in [3.05, 3.63) is 53.3 Å². The number of fused-ring (bicyclic) bond motifs is 1. The van der Waals surface area contributed by atoms with Crippen molar-refractivity contribution >= 4 is 34.2 Å². The van der Waals surface area contributed by atoms with Gasteiger partial charge in [0.2, 0.25) is 5.91 Å².